The maximum atomic E-state index is 12.5. The van der Waals surface area contributed by atoms with Crippen molar-refractivity contribution in [2.75, 3.05) is 33.5 Å². The zero-order valence-corrected chi connectivity index (χ0v) is 17.1. The van der Waals surface area contributed by atoms with Crippen LogP contribution in [0.4, 0.5) is 0 Å². The molecule has 0 radical (unpaired) electrons. The van der Waals surface area contributed by atoms with Crippen molar-refractivity contribution < 1.29 is 18.9 Å². The van der Waals surface area contributed by atoms with Crippen molar-refractivity contribution in [1.82, 2.24) is 9.55 Å². The van der Waals surface area contributed by atoms with Gasteiger partial charge in [-0.25, -0.2) is 4.79 Å². The van der Waals surface area contributed by atoms with E-state index in [0.29, 0.717) is 38.9 Å². The highest BCUT2D eigenvalue weighted by atomic mass is 16.6. The highest BCUT2D eigenvalue weighted by Gasteiger charge is 2.21. The highest BCUT2D eigenvalue weighted by Crippen LogP contribution is 2.30. The third kappa shape index (κ3) is 4.69. The summed E-state index contributed by atoms with van der Waals surface area (Å²) in [6.45, 7) is 4.70. The summed E-state index contributed by atoms with van der Waals surface area (Å²) in [7, 11) is 1.74. The first-order valence-corrected chi connectivity index (χ1v) is 10.2. The third-order valence-electron chi connectivity index (χ3n) is 5.58. The average molecular weight is 400 g/mol. The number of nitrogens with zero attached hydrogens (tertiary/aromatic N) is 2. The molecule has 0 spiro atoms. The van der Waals surface area contributed by atoms with Gasteiger partial charge in [-0.05, 0) is 37.3 Å². The van der Waals surface area contributed by atoms with E-state index < -0.39 is 0 Å². The number of aryl methyl sites for hydroxylation is 2. The van der Waals surface area contributed by atoms with Crippen molar-refractivity contribution >= 4 is 0 Å². The van der Waals surface area contributed by atoms with Gasteiger partial charge >= 0.3 is 5.69 Å². The minimum atomic E-state index is -0.276. The standard InChI is InChI=1S/C22H28N2O5/c1-15(26-2)3-4-16-5-6-19-17(11-16)7-8-24-20(19)12-21(23-22(24)25)29-14-18-13-27-9-10-28-18/h5-6,11-12,15,18H,3-4,7-10,13-14H2,1-2H3/t15?,18-/m0/s1. The molecular formula is C22H28N2O5. The van der Waals surface area contributed by atoms with E-state index in [0.717, 1.165) is 30.5 Å². The molecule has 3 heterocycles. The number of aromatic nitrogens is 2. The van der Waals surface area contributed by atoms with Crippen LogP contribution < -0.4 is 10.4 Å². The van der Waals surface area contributed by atoms with E-state index in [1.165, 1.54) is 11.1 Å². The van der Waals surface area contributed by atoms with Crippen LogP contribution in [0, 0.1) is 0 Å². The second-order valence-corrected chi connectivity index (χ2v) is 7.62. The van der Waals surface area contributed by atoms with Crippen molar-refractivity contribution in [2.24, 2.45) is 0 Å². The molecule has 2 aliphatic rings. The molecule has 0 N–H and O–H groups in total. The summed E-state index contributed by atoms with van der Waals surface area (Å²) in [6.07, 6.45) is 2.90. The Hall–Kier alpha value is -2.22. The number of hydrogen-bond acceptors (Lipinski definition) is 6. The molecule has 156 valence electrons. The molecule has 0 amide bonds. The fourth-order valence-electron chi connectivity index (χ4n) is 3.79. The Bertz CT molecular complexity index is 905. The second-order valence-electron chi connectivity index (χ2n) is 7.62. The predicted molar refractivity (Wildman–Crippen MR) is 108 cm³/mol. The van der Waals surface area contributed by atoms with Crippen LogP contribution in [0.2, 0.25) is 0 Å². The normalized spacial score (nSPS) is 19.3. The summed E-state index contributed by atoms with van der Waals surface area (Å²) >= 11 is 0. The monoisotopic (exact) mass is 400 g/mol. The highest BCUT2D eigenvalue weighted by molar-refractivity contribution is 5.67. The molecule has 1 aromatic heterocycles. The molecule has 0 saturated carbocycles. The lowest BCUT2D eigenvalue weighted by Gasteiger charge is -2.24. The van der Waals surface area contributed by atoms with Crippen LogP contribution in [0.1, 0.15) is 24.5 Å². The lowest BCUT2D eigenvalue weighted by molar-refractivity contribution is -0.102. The predicted octanol–water partition coefficient (Wildman–Crippen LogP) is 2.23. The first kappa shape index (κ1) is 20.1. The van der Waals surface area contributed by atoms with Crippen LogP contribution in [-0.2, 0) is 33.6 Å². The van der Waals surface area contributed by atoms with Gasteiger partial charge in [0.05, 0.1) is 31.6 Å². The SMILES string of the molecule is COC(C)CCc1ccc2c(c1)CCn1c-2cc(OC[C@@H]2COCCO2)nc1=O. The van der Waals surface area contributed by atoms with Crippen molar-refractivity contribution in [3.8, 4) is 17.1 Å². The fraction of sp³-hybridized carbons (Fsp3) is 0.545. The molecular weight excluding hydrogens is 372 g/mol. The number of benzene rings is 1. The quantitative estimate of drug-likeness (QED) is 0.710. The summed E-state index contributed by atoms with van der Waals surface area (Å²) in [5.74, 6) is 0.335. The maximum absolute atomic E-state index is 12.5. The van der Waals surface area contributed by atoms with E-state index in [4.69, 9.17) is 18.9 Å². The lowest BCUT2D eigenvalue weighted by Crippen LogP contribution is -2.34. The summed E-state index contributed by atoms with van der Waals surface area (Å²) in [4.78, 5) is 16.6. The van der Waals surface area contributed by atoms with Gasteiger partial charge in [0.15, 0.2) is 0 Å². The number of ether oxygens (including phenoxy) is 4. The van der Waals surface area contributed by atoms with Crippen molar-refractivity contribution in [3.63, 3.8) is 0 Å². The van der Waals surface area contributed by atoms with Crippen molar-refractivity contribution in [2.45, 2.75) is 44.9 Å². The number of hydrogen-bond donors (Lipinski definition) is 0. The first-order valence-electron chi connectivity index (χ1n) is 10.2. The van der Waals surface area contributed by atoms with Gasteiger partial charge in [-0.15, -0.1) is 0 Å². The van der Waals surface area contributed by atoms with E-state index in [1.54, 1.807) is 11.7 Å². The second kappa shape index (κ2) is 9.07. The first-order chi connectivity index (χ1) is 14.1. The smallest absolute Gasteiger partial charge is 0.351 e. The minimum Gasteiger partial charge on any atom is -0.475 e. The van der Waals surface area contributed by atoms with Gasteiger partial charge in [0, 0.05) is 25.3 Å². The van der Waals surface area contributed by atoms with Crippen LogP contribution in [0.5, 0.6) is 5.88 Å². The van der Waals surface area contributed by atoms with Gasteiger partial charge in [0.2, 0.25) is 5.88 Å². The molecule has 0 aliphatic carbocycles. The molecule has 7 nitrogen and oxygen atoms in total. The molecule has 1 saturated heterocycles. The molecule has 0 bridgehead atoms. The van der Waals surface area contributed by atoms with E-state index in [-0.39, 0.29) is 17.9 Å². The third-order valence-corrected chi connectivity index (χ3v) is 5.58. The van der Waals surface area contributed by atoms with Crippen LogP contribution in [0.3, 0.4) is 0 Å². The zero-order valence-electron chi connectivity index (χ0n) is 17.1. The summed E-state index contributed by atoms with van der Waals surface area (Å²) < 4.78 is 23.8. The Morgan fingerprint density at radius 2 is 2.21 bits per heavy atom. The van der Waals surface area contributed by atoms with Gasteiger partial charge in [-0.1, -0.05) is 18.2 Å². The Kier molecular flexibility index (Phi) is 6.28. The maximum Gasteiger partial charge on any atom is 0.351 e. The van der Waals surface area contributed by atoms with E-state index >= 15 is 0 Å². The lowest BCUT2D eigenvalue weighted by atomic mass is 9.94. The Labute approximate surface area is 170 Å². The molecule has 2 aromatic rings. The molecule has 1 unspecified atom stereocenters. The molecule has 2 aliphatic heterocycles. The van der Waals surface area contributed by atoms with Gasteiger partial charge < -0.3 is 18.9 Å². The van der Waals surface area contributed by atoms with Gasteiger partial charge in [0.1, 0.15) is 12.7 Å². The summed E-state index contributed by atoms with van der Waals surface area (Å²) in [5.41, 5.74) is 4.21. The molecule has 1 fully saturated rings. The summed E-state index contributed by atoms with van der Waals surface area (Å²) in [6, 6.07) is 8.35. The van der Waals surface area contributed by atoms with Crippen LogP contribution in [0.15, 0.2) is 29.1 Å². The van der Waals surface area contributed by atoms with Crippen molar-refractivity contribution in [1.29, 1.82) is 0 Å². The van der Waals surface area contributed by atoms with E-state index in [9.17, 15) is 4.79 Å². The molecule has 4 rings (SSSR count). The molecule has 1 aromatic carbocycles. The van der Waals surface area contributed by atoms with E-state index in [1.807, 2.05) is 6.07 Å². The van der Waals surface area contributed by atoms with Gasteiger partial charge in [-0.2, -0.15) is 4.98 Å². The molecule has 29 heavy (non-hydrogen) atoms. The average Bonchev–Trinajstić information content (AvgIpc) is 2.76. The summed E-state index contributed by atoms with van der Waals surface area (Å²) in [5, 5.41) is 0. The Morgan fingerprint density at radius 3 is 3.00 bits per heavy atom. The minimum absolute atomic E-state index is 0.131. The topological polar surface area (TPSA) is 71.8 Å². The Balaban J connectivity index is 1.53. The van der Waals surface area contributed by atoms with E-state index in [2.05, 4.69) is 30.1 Å². The van der Waals surface area contributed by atoms with Gasteiger partial charge in [0.25, 0.3) is 0 Å². The van der Waals surface area contributed by atoms with Crippen LogP contribution >= 0.6 is 0 Å². The molecule has 7 heteroatoms. The number of methoxy groups -OCH3 is 1. The van der Waals surface area contributed by atoms with Crippen molar-refractivity contribution in [3.05, 3.63) is 45.9 Å². The Morgan fingerprint density at radius 1 is 1.31 bits per heavy atom. The largest absolute Gasteiger partial charge is 0.475 e. The van der Waals surface area contributed by atoms with Crippen LogP contribution in [0.25, 0.3) is 11.3 Å². The van der Waals surface area contributed by atoms with Crippen LogP contribution in [-0.4, -0.2) is 55.3 Å². The van der Waals surface area contributed by atoms with Gasteiger partial charge in [-0.3, -0.25) is 4.57 Å². The number of fused-ring (bicyclic) bond motifs is 3. The molecule has 2 atom stereocenters. The fourth-order valence-corrected chi connectivity index (χ4v) is 3.79. The number of rotatable bonds is 7. The zero-order chi connectivity index (χ0) is 20.2.